The SMILES string of the molecule is CC(N)(c1ccc(F)cc1)c1sccc1Cl. The fourth-order valence-corrected chi connectivity index (χ4v) is 2.94. The molecule has 1 atom stereocenters. The van der Waals surface area contributed by atoms with E-state index >= 15 is 0 Å². The molecular formula is C12H11ClFNS. The van der Waals surface area contributed by atoms with Crippen molar-refractivity contribution in [2.45, 2.75) is 12.5 Å². The van der Waals surface area contributed by atoms with Crippen LogP contribution < -0.4 is 5.73 Å². The van der Waals surface area contributed by atoms with Crippen molar-refractivity contribution in [3.63, 3.8) is 0 Å². The van der Waals surface area contributed by atoms with Crippen LogP contribution in [-0.2, 0) is 5.54 Å². The van der Waals surface area contributed by atoms with Gasteiger partial charge in [0.2, 0.25) is 0 Å². The van der Waals surface area contributed by atoms with Crippen molar-refractivity contribution in [1.29, 1.82) is 0 Å². The Bertz CT molecular complexity index is 490. The Kier molecular flexibility index (Phi) is 3.02. The van der Waals surface area contributed by atoms with Crippen LogP contribution in [0.25, 0.3) is 0 Å². The summed E-state index contributed by atoms with van der Waals surface area (Å²) >= 11 is 7.57. The standard InChI is InChI=1S/C12H11ClFNS/c1-12(15,11-10(13)6-7-16-11)8-2-4-9(14)5-3-8/h2-7H,15H2,1H3. The molecule has 0 aliphatic rings. The van der Waals surface area contributed by atoms with Crippen LogP contribution in [0, 0.1) is 5.82 Å². The van der Waals surface area contributed by atoms with E-state index in [0.717, 1.165) is 10.4 Å². The maximum Gasteiger partial charge on any atom is 0.123 e. The summed E-state index contributed by atoms with van der Waals surface area (Å²) in [5.74, 6) is -0.267. The average molecular weight is 256 g/mol. The quantitative estimate of drug-likeness (QED) is 0.869. The van der Waals surface area contributed by atoms with Crippen LogP contribution in [-0.4, -0.2) is 0 Å². The number of hydrogen-bond acceptors (Lipinski definition) is 2. The lowest BCUT2D eigenvalue weighted by Gasteiger charge is -2.24. The van der Waals surface area contributed by atoms with Crippen LogP contribution in [0.15, 0.2) is 35.7 Å². The minimum absolute atomic E-state index is 0.267. The number of rotatable bonds is 2. The van der Waals surface area contributed by atoms with Gasteiger partial charge in [0.25, 0.3) is 0 Å². The maximum atomic E-state index is 12.8. The molecule has 1 heterocycles. The van der Waals surface area contributed by atoms with Crippen molar-refractivity contribution in [2.24, 2.45) is 5.73 Å². The van der Waals surface area contributed by atoms with E-state index in [0.29, 0.717) is 5.02 Å². The van der Waals surface area contributed by atoms with Crippen LogP contribution >= 0.6 is 22.9 Å². The summed E-state index contributed by atoms with van der Waals surface area (Å²) < 4.78 is 12.8. The van der Waals surface area contributed by atoms with Crippen molar-refractivity contribution in [3.8, 4) is 0 Å². The van der Waals surface area contributed by atoms with Gasteiger partial charge in [-0.3, -0.25) is 0 Å². The molecule has 1 nitrogen and oxygen atoms in total. The lowest BCUT2D eigenvalue weighted by atomic mass is 9.91. The van der Waals surface area contributed by atoms with E-state index in [2.05, 4.69) is 0 Å². The summed E-state index contributed by atoms with van der Waals surface area (Å²) in [6.45, 7) is 1.87. The molecular weight excluding hydrogens is 245 g/mol. The van der Waals surface area contributed by atoms with E-state index in [9.17, 15) is 4.39 Å². The Labute approximate surface area is 103 Å². The van der Waals surface area contributed by atoms with Gasteiger partial charge in [-0.2, -0.15) is 0 Å². The van der Waals surface area contributed by atoms with Crippen LogP contribution in [0.2, 0.25) is 5.02 Å². The number of hydrogen-bond donors (Lipinski definition) is 1. The van der Waals surface area contributed by atoms with Gasteiger partial charge in [0.05, 0.1) is 10.6 Å². The minimum atomic E-state index is -0.682. The zero-order valence-corrected chi connectivity index (χ0v) is 10.3. The molecule has 4 heteroatoms. The van der Waals surface area contributed by atoms with E-state index in [1.807, 2.05) is 18.4 Å². The second-order valence-electron chi connectivity index (χ2n) is 3.81. The van der Waals surface area contributed by atoms with Crippen molar-refractivity contribution < 1.29 is 4.39 Å². The van der Waals surface area contributed by atoms with Crippen LogP contribution in [0.5, 0.6) is 0 Å². The van der Waals surface area contributed by atoms with E-state index < -0.39 is 5.54 Å². The highest BCUT2D eigenvalue weighted by atomic mass is 35.5. The first kappa shape index (κ1) is 11.6. The fraction of sp³-hybridized carbons (Fsp3) is 0.167. The monoisotopic (exact) mass is 255 g/mol. The highest BCUT2D eigenvalue weighted by Crippen LogP contribution is 2.35. The smallest absolute Gasteiger partial charge is 0.123 e. The molecule has 2 N–H and O–H groups in total. The van der Waals surface area contributed by atoms with Gasteiger partial charge in [0.1, 0.15) is 5.82 Å². The molecule has 0 saturated carbocycles. The molecule has 0 radical (unpaired) electrons. The van der Waals surface area contributed by atoms with Gasteiger partial charge in [0.15, 0.2) is 0 Å². The summed E-state index contributed by atoms with van der Waals surface area (Å²) in [5, 5.41) is 2.55. The van der Waals surface area contributed by atoms with Crippen LogP contribution in [0.1, 0.15) is 17.4 Å². The van der Waals surface area contributed by atoms with Gasteiger partial charge in [-0.1, -0.05) is 23.7 Å². The van der Waals surface area contributed by atoms with Gasteiger partial charge in [0, 0.05) is 4.88 Å². The van der Waals surface area contributed by atoms with Crippen molar-refractivity contribution in [2.75, 3.05) is 0 Å². The predicted molar refractivity (Wildman–Crippen MR) is 66.4 cm³/mol. The molecule has 1 unspecified atom stereocenters. The summed E-state index contributed by atoms with van der Waals surface area (Å²) in [4.78, 5) is 0.890. The molecule has 1 aromatic heterocycles. The molecule has 0 fully saturated rings. The molecule has 0 amide bonds. The number of halogens is 2. The third-order valence-electron chi connectivity index (χ3n) is 2.53. The topological polar surface area (TPSA) is 26.0 Å². The largest absolute Gasteiger partial charge is 0.317 e. The lowest BCUT2D eigenvalue weighted by molar-refractivity contribution is 0.602. The van der Waals surface area contributed by atoms with Gasteiger partial charge >= 0.3 is 0 Å². The highest BCUT2D eigenvalue weighted by Gasteiger charge is 2.27. The molecule has 0 bridgehead atoms. The summed E-state index contributed by atoms with van der Waals surface area (Å²) in [7, 11) is 0. The maximum absolute atomic E-state index is 12.8. The molecule has 84 valence electrons. The Balaban J connectivity index is 2.46. The first-order chi connectivity index (χ1) is 7.51. The highest BCUT2D eigenvalue weighted by molar-refractivity contribution is 7.10. The molecule has 0 aliphatic heterocycles. The van der Waals surface area contributed by atoms with E-state index in [-0.39, 0.29) is 5.82 Å². The van der Waals surface area contributed by atoms with Gasteiger partial charge < -0.3 is 5.73 Å². The normalized spacial score (nSPS) is 14.8. The Morgan fingerprint density at radius 3 is 2.38 bits per heavy atom. The Hall–Kier alpha value is -0.900. The first-order valence-electron chi connectivity index (χ1n) is 4.80. The third kappa shape index (κ3) is 1.98. The van der Waals surface area contributed by atoms with Crippen molar-refractivity contribution >= 4 is 22.9 Å². The molecule has 16 heavy (non-hydrogen) atoms. The summed E-state index contributed by atoms with van der Waals surface area (Å²) in [6.07, 6.45) is 0. The van der Waals surface area contributed by atoms with Gasteiger partial charge in [-0.05, 0) is 36.1 Å². The Morgan fingerprint density at radius 1 is 1.25 bits per heavy atom. The van der Waals surface area contributed by atoms with Crippen LogP contribution in [0.3, 0.4) is 0 Å². The molecule has 2 rings (SSSR count). The zero-order chi connectivity index (χ0) is 11.8. The molecule has 0 aliphatic carbocycles. The first-order valence-corrected chi connectivity index (χ1v) is 6.06. The summed E-state index contributed by atoms with van der Waals surface area (Å²) in [6, 6.07) is 8.00. The second kappa shape index (κ2) is 4.17. The zero-order valence-electron chi connectivity index (χ0n) is 8.71. The number of nitrogens with two attached hydrogens (primary N) is 1. The van der Waals surface area contributed by atoms with Crippen LogP contribution in [0.4, 0.5) is 4.39 Å². The summed E-state index contributed by atoms with van der Waals surface area (Å²) in [5.41, 5.74) is 6.42. The van der Waals surface area contributed by atoms with E-state index in [1.165, 1.54) is 23.5 Å². The molecule has 2 aromatic rings. The number of thiophene rings is 1. The van der Waals surface area contributed by atoms with Crippen molar-refractivity contribution in [3.05, 3.63) is 57.0 Å². The second-order valence-corrected chi connectivity index (χ2v) is 5.13. The number of benzene rings is 1. The van der Waals surface area contributed by atoms with Gasteiger partial charge in [-0.15, -0.1) is 11.3 Å². The molecule has 0 saturated heterocycles. The third-order valence-corrected chi connectivity index (χ3v) is 4.11. The Morgan fingerprint density at radius 2 is 1.88 bits per heavy atom. The average Bonchev–Trinajstić information content (AvgIpc) is 2.66. The van der Waals surface area contributed by atoms with Gasteiger partial charge in [-0.25, -0.2) is 4.39 Å². The lowest BCUT2D eigenvalue weighted by Crippen LogP contribution is -2.33. The molecule has 0 spiro atoms. The van der Waals surface area contributed by atoms with E-state index in [4.69, 9.17) is 17.3 Å². The fourth-order valence-electron chi connectivity index (χ4n) is 1.59. The predicted octanol–water partition coefficient (Wildman–Crippen LogP) is 3.76. The molecule has 1 aromatic carbocycles. The van der Waals surface area contributed by atoms with E-state index in [1.54, 1.807) is 12.1 Å². The minimum Gasteiger partial charge on any atom is -0.317 e. The van der Waals surface area contributed by atoms with Crippen molar-refractivity contribution in [1.82, 2.24) is 0 Å².